The first-order chi connectivity index (χ1) is 16.4. The maximum Gasteiger partial charge on any atom is 0.411 e. The Balaban J connectivity index is 1.29. The van der Waals surface area contributed by atoms with Crippen LogP contribution in [0.5, 0.6) is 0 Å². The van der Waals surface area contributed by atoms with Gasteiger partial charge in [-0.25, -0.2) is 9.59 Å². The van der Waals surface area contributed by atoms with Crippen LogP contribution >= 0.6 is 0 Å². The lowest BCUT2D eigenvalue weighted by Gasteiger charge is -2.14. The third kappa shape index (κ3) is 5.21. The number of hydrogen-bond donors (Lipinski definition) is 4. The van der Waals surface area contributed by atoms with Crippen molar-refractivity contribution in [3.63, 3.8) is 0 Å². The lowest BCUT2D eigenvalue weighted by atomic mass is 9.98. The van der Waals surface area contributed by atoms with Crippen LogP contribution in [0, 0.1) is 0 Å². The number of carbonyl (C=O) groups is 3. The fourth-order valence-corrected chi connectivity index (χ4v) is 3.88. The van der Waals surface area contributed by atoms with Crippen LogP contribution in [0.4, 0.5) is 10.5 Å². The number of carboxylic acids is 1. The number of ether oxygens (including phenoxy) is 1. The molecular weight excluding hydrogens is 438 g/mol. The van der Waals surface area contributed by atoms with Gasteiger partial charge >= 0.3 is 12.1 Å². The van der Waals surface area contributed by atoms with Crippen LogP contribution in [-0.4, -0.2) is 52.4 Å². The summed E-state index contributed by atoms with van der Waals surface area (Å²) < 4.78 is 5.50. The van der Waals surface area contributed by atoms with E-state index in [-0.39, 0.29) is 18.9 Å². The van der Waals surface area contributed by atoms with E-state index in [4.69, 9.17) is 9.84 Å². The normalized spacial score (nSPS) is 12.9. The molecule has 9 nitrogen and oxygen atoms in total. The fourth-order valence-electron chi connectivity index (χ4n) is 3.88. The van der Waals surface area contributed by atoms with Crippen LogP contribution in [0.2, 0.25) is 0 Å². The van der Waals surface area contributed by atoms with Crippen molar-refractivity contribution in [2.24, 2.45) is 0 Å². The molecule has 0 fully saturated rings. The standard InChI is InChI=1S/C25H23N3O6/c29-22(24(31)32)13-27-23(30)11-15-9-10-16(12-26-15)28-25(33)34-14-21-19-7-3-1-5-17(19)18-6-2-4-8-20(18)21/h1-10,12,21-22,29H,11,13-14H2,(H,27,30)(H,28,33)(H,31,32). The molecule has 0 saturated heterocycles. The maximum atomic E-state index is 12.4. The summed E-state index contributed by atoms with van der Waals surface area (Å²) in [6.07, 6.45) is -0.981. The predicted octanol–water partition coefficient (Wildman–Crippen LogP) is 2.55. The monoisotopic (exact) mass is 461 g/mol. The molecule has 0 radical (unpaired) electrons. The Morgan fingerprint density at radius 3 is 2.21 bits per heavy atom. The smallest absolute Gasteiger partial charge is 0.411 e. The van der Waals surface area contributed by atoms with E-state index in [0.717, 1.165) is 22.3 Å². The van der Waals surface area contributed by atoms with Gasteiger partial charge < -0.3 is 20.3 Å². The van der Waals surface area contributed by atoms with E-state index in [1.54, 1.807) is 12.1 Å². The Morgan fingerprint density at radius 2 is 1.62 bits per heavy atom. The summed E-state index contributed by atoms with van der Waals surface area (Å²) in [5, 5.41) is 22.7. The molecule has 1 unspecified atom stereocenters. The average Bonchev–Trinajstić information content (AvgIpc) is 3.16. The second kappa shape index (κ2) is 10.1. The highest BCUT2D eigenvalue weighted by molar-refractivity contribution is 5.85. The van der Waals surface area contributed by atoms with Crippen molar-refractivity contribution in [1.82, 2.24) is 10.3 Å². The van der Waals surface area contributed by atoms with E-state index < -0.39 is 30.6 Å². The minimum atomic E-state index is -1.67. The summed E-state index contributed by atoms with van der Waals surface area (Å²) >= 11 is 0. The molecule has 1 aliphatic rings. The molecule has 9 heteroatoms. The number of aromatic nitrogens is 1. The van der Waals surface area contributed by atoms with Gasteiger partial charge in [0.15, 0.2) is 6.10 Å². The van der Waals surface area contributed by atoms with E-state index >= 15 is 0 Å². The highest BCUT2D eigenvalue weighted by Gasteiger charge is 2.29. The van der Waals surface area contributed by atoms with Gasteiger partial charge in [-0.1, -0.05) is 48.5 Å². The van der Waals surface area contributed by atoms with E-state index in [1.165, 1.54) is 6.20 Å². The summed E-state index contributed by atoms with van der Waals surface area (Å²) in [6.45, 7) is -0.205. The summed E-state index contributed by atoms with van der Waals surface area (Å²) in [7, 11) is 0. The number of aliphatic hydroxyl groups excluding tert-OH is 1. The van der Waals surface area contributed by atoms with Gasteiger partial charge in [0.1, 0.15) is 6.61 Å². The molecule has 1 heterocycles. The van der Waals surface area contributed by atoms with Crippen LogP contribution < -0.4 is 10.6 Å². The Morgan fingerprint density at radius 1 is 0.971 bits per heavy atom. The number of hydrogen-bond acceptors (Lipinski definition) is 6. The number of aliphatic hydroxyl groups is 1. The van der Waals surface area contributed by atoms with Crippen LogP contribution in [0.3, 0.4) is 0 Å². The van der Waals surface area contributed by atoms with Gasteiger partial charge in [-0.05, 0) is 34.4 Å². The number of nitrogens with one attached hydrogen (secondary N) is 2. The SMILES string of the molecule is O=C(Cc1ccc(NC(=O)OCC2c3ccccc3-c3ccccc32)cn1)NCC(O)C(=O)O. The van der Waals surface area contributed by atoms with Crippen molar-refractivity contribution in [3.8, 4) is 11.1 Å². The summed E-state index contributed by atoms with van der Waals surface area (Å²) in [6, 6.07) is 19.3. The quantitative estimate of drug-likeness (QED) is 0.404. The van der Waals surface area contributed by atoms with Gasteiger partial charge in [0.2, 0.25) is 5.91 Å². The van der Waals surface area contributed by atoms with Crippen molar-refractivity contribution in [2.75, 3.05) is 18.5 Å². The van der Waals surface area contributed by atoms with Crippen molar-refractivity contribution in [1.29, 1.82) is 0 Å². The molecule has 174 valence electrons. The van der Waals surface area contributed by atoms with Crippen LogP contribution in [0.15, 0.2) is 66.9 Å². The number of anilines is 1. The maximum absolute atomic E-state index is 12.4. The summed E-state index contributed by atoms with van der Waals surface area (Å²) in [4.78, 5) is 38.9. The molecule has 0 saturated carbocycles. The number of fused-ring (bicyclic) bond motifs is 3. The number of benzene rings is 2. The van der Waals surface area contributed by atoms with Gasteiger partial charge in [0.05, 0.1) is 24.8 Å². The van der Waals surface area contributed by atoms with Crippen LogP contribution in [0.25, 0.3) is 11.1 Å². The number of aliphatic carboxylic acids is 1. The molecule has 4 N–H and O–H groups in total. The van der Waals surface area contributed by atoms with Gasteiger partial charge in [-0.3, -0.25) is 15.1 Å². The van der Waals surface area contributed by atoms with Crippen LogP contribution in [0.1, 0.15) is 22.7 Å². The molecule has 0 spiro atoms. The number of carbonyl (C=O) groups excluding carboxylic acids is 2. The zero-order valence-electron chi connectivity index (χ0n) is 18.1. The number of carboxylic acid groups (broad SMARTS) is 1. The first kappa shape index (κ1) is 22.9. The number of amides is 2. The third-order valence-corrected chi connectivity index (χ3v) is 5.53. The topological polar surface area (TPSA) is 138 Å². The Labute approximate surface area is 195 Å². The number of pyridine rings is 1. The molecule has 1 aliphatic carbocycles. The molecule has 4 rings (SSSR count). The molecule has 1 atom stereocenters. The highest BCUT2D eigenvalue weighted by atomic mass is 16.5. The lowest BCUT2D eigenvalue weighted by molar-refractivity contribution is -0.146. The zero-order valence-corrected chi connectivity index (χ0v) is 18.1. The Kier molecular flexibility index (Phi) is 6.84. The largest absolute Gasteiger partial charge is 0.479 e. The van der Waals surface area contributed by atoms with Gasteiger partial charge in [-0.2, -0.15) is 0 Å². The third-order valence-electron chi connectivity index (χ3n) is 5.53. The van der Waals surface area contributed by atoms with E-state index in [2.05, 4.69) is 27.8 Å². The fraction of sp³-hybridized carbons (Fsp3) is 0.200. The Hall–Kier alpha value is -4.24. The van der Waals surface area contributed by atoms with Crippen molar-refractivity contribution in [2.45, 2.75) is 18.4 Å². The van der Waals surface area contributed by atoms with Gasteiger partial charge in [0, 0.05) is 11.6 Å². The average molecular weight is 461 g/mol. The van der Waals surface area contributed by atoms with E-state index in [9.17, 15) is 19.5 Å². The Bertz CT molecular complexity index is 1170. The first-order valence-electron chi connectivity index (χ1n) is 10.7. The number of rotatable bonds is 8. The molecule has 34 heavy (non-hydrogen) atoms. The molecule has 2 aromatic carbocycles. The molecule has 3 aromatic rings. The molecule has 0 bridgehead atoms. The zero-order chi connectivity index (χ0) is 24.1. The predicted molar refractivity (Wildman–Crippen MR) is 123 cm³/mol. The summed E-state index contributed by atoms with van der Waals surface area (Å²) in [5.74, 6) is -1.94. The molecule has 1 aromatic heterocycles. The van der Waals surface area contributed by atoms with Crippen molar-refractivity contribution in [3.05, 3.63) is 83.7 Å². The highest BCUT2D eigenvalue weighted by Crippen LogP contribution is 2.44. The number of nitrogens with zero attached hydrogens (tertiary/aromatic N) is 1. The second-order valence-electron chi connectivity index (χ2n) is 7.82. The van der Waals surface area contributed by atoms with E-state index in [1.807, 2.05) is 36.4 Å². The lowest BCUT2D eigenvalue weighted by Crippen LogP contribution is -2.37. The van der Waals surface area contributed by atoms with Crippen molar-refractivity contribution < 1.29 is 29.3 Å². The van der Waals surface area contributed by atoms with Crippen LogP contribution in [-0.2, 0) is 20.7 Å². The molecular formula is C25H23N3O6. The first-order valence-corrected chi connectivity index (χ1v) is 10.7. The second-order valence-corrected chi connectivity index (χ2v) is 7.82. The van der Waals surface area contributed by atoms with Gasteiger partial charge in [0.25, 0.3) is 0 Å². The van der Waals surface area contributed by atoms with Gasteiger partial charge in [-0.15, -0.1) is 0 Å². The van der Waals surface area contributed by atoms with E-state index in [0.29, 0.717) is 11.4 Å². The minimum absolute atomic E-state index is 0.0446. The van der Waals surface area contributed by atoms with Crippen molar-refractivity contribution >= 4 is 23.7 Å². The molecule has 0 aliphatic heterocycles. The minimum Gasteiger partial charge on any atom is -0.479 e. The molecule has 2 amide bonds. The summed E-state index contributed by atoms with van der Waals surface area (Å²) in [5.41, 5.74) is 5.36.